The Morgan fingerprint density at radius 1 is 1.21 bits per heavy atom. The van der Waals surface area contributed by atoms with Gasteiger partial charge in [-0.05, 0) is 39.3 Å². The Labute approximate surface area is 174 Å². The van der Waals surface area contributed by atoms with E-state index in [1.807, 2.05) is 56.6 Å². The Hall–Kier alpha value is -2.87. The van der Waals surface area contributed by atoms with Crippen LogP contribution in [0.1, 0.15) is 36.0 Å². The number of nitrogens with one attached hydrogen (secondary N) is 2. The molecule has 0 radical (unpaired) electrons. The number of aromatic nitrogens is 4. The Morgan fingerprint density at radius 3 is 2.62 bits per heavy atom. The van der Waals surface area contributed by atoms with Crippen LogP contribution < -0.4 is 10.9 Å². The highest BCUT2D eigenvalue weighted by atomic mass is 32.2. The van der Waals surface area contributed by atoms with Crippen molar-refractivity contribution in [2.24, 2.45) is 0 Å². The van der Waals surface area contributed by atoms with Crippen LogP contribution in [-0.4, -0.2) is 31.4 Å². The van der Waals surface area contributed by atoms with Gasteiger partial charge in [0.1, 0.15) is 0 Å². The number of benzene rings is 1. The maximum Gasteiger partial charge on any atom is 0.251 e. The fraction of sp³-hybridized carbons (Fsp3) is 0.333. The molecular weight excluding hydrogens is 386 g/mol. The van der Waals surface area contributed by atoms with Crippen LogP contribution in [0.25, 0.3) is 5.69 Å². The predicted octanol–water partition coefficient (Wildman–Crippen LogP) is 3.56. The average molecular weight is 412 g/mol. The Bertz CT molecular complexity index is 1070. The second kappa shape index (κ2) is 9.09. The molecule has 3 aromatic rings. The molecule has 1 aromatic carbocycles. The lowest BCUT2D eigenvalue weighted by Crippen LogP contribution is -2.16. The number of amides is 1. The van der Waals surface area contributed by atoms with E-state index < -0.39 is 0 Å². The number of aromatic amines is 1. The summed E-state index contributed by atoms with van der Waals surface area (Å²) in [4.78, 5) is 31.3. The van der Waals surface area contributed by atoms with Crippen LogP contribution in [-0.2, 0) is 11.2 Å². The van der Waals surface area contributed by atoms with Crippen LogP contribution in [0.2, 0.25) is 0 Å². The molecule has 0 aliphatic heterocycles. The third kappa shape index (κ3) is 5.14. The van der Waals surface area contributed by atoms with Gasteiger partial charge in [0.25, 0.3) is 5.56 Å². The van der Waals surface area contributed by atoms with Crippen LogP contribution in [0, 0.1) is 20.8 Å². The molecule has 0 unspecified atom stereocenters. The number of H-pyrrole nitrogens is 1. The number of aryl methyl sites for hydroxylation is 3. The largest absolute Gasteiger partial charge is 0.322 e. The molecule has 2 aromatic heterocycles. The Kier molecular flexibility index (Phi) is 6.53. The minimum Gasteiger partial charge on any atom is -0.322 e. The molecule has 1 amide bonds. The average Bonchev–Trinajstić information content (AvgIpc) is 2.95. The second-order valence-corrected chi connectivity index (χ2v) is 7.89. The van der Waals surface area contributed by atoms with Gasteiger partial charge in [0, 0.05) is 11.8 Å². The SMILES string of the molecule is CCCc1cc(=O)[nH]c(SCC(=O)Nc2c(C)nn(-c3ccc(C)cc3)c2C)n1. The van der Waals surface area contributed by atoms with Crippen molar-refractivity contribution < 1.29 is 4.79 Å². The monoisotopic (exact) mass is 411 g/mol. The third-order valence-electron chi connectivity index (χ3n) is 4.45. The van der Waals surface area contributed by atoms with Crippen LogP contribution in [0.3, 0.4) is 0 Å². The molecule has 0 spiro atoms. The molecule has 152 valence electrons. The van der Waals surface area contributed by atoms with Crippen molar-refractivity contribution in [3.05, 3.63) is 63.3 Å². The van der Waals surface area contributed by atoms with E-state index >= 15 is 0 Å². The lowest BCUT2D eigenvalue weighted by Gasteiger charge is -2.08. The van der Waals surface area contributed by atoms with Crippen molar-refractivity contribution in [1.82, 2.24) is 19.7 Å². The number of carbonyl (C=O) groups is 1. The fourth-order valence-electron chi connectivity index (χ4n) is 3.01. The number of anilines is 1. The molecule has 0 aliphatic rings. The first-order valence-corrected chi connectivity index (χ1v) is 10.5. The Balaban J connectivity index is 1.70. The molecule has 2 heterocycles. The number of nitrogens with zero attached hydrogens (tertiary/aromatic N) is 3. The molecule has 29 heavy (non-hydrogen) atoms. The number of rotatable bonds is 7. The summed E-state index contributed by atoms with van der Waals surface area (Å²) < 4.78 is 1.82. The quantitative estimate of drug-likeness (QED) is 0.458. The molecule has 0 fully saturated rings. The summed E-state index contributed by atoms with van der Waals surface area (Å²) in [5.74, 6) is -0.0270. The molecule has 0 saturated heterocycles. The summed E-state index contributed by atoms with van der Waals surface area (Å²) in [5.41, 5.74) is 4.98. The zero-order chi connectivity index (χ0) is 21.0. The highest BCUT2D eigenvalue weighted by molar-refractivity contribution is 7.99. The first-order valence-electron chi connectivity index (χ1n) is 9.53. The molecule has 8 heteroatoms. The van der Waals surface area contributed by atoms with Gasteiger partial charge in [0.2, 0.25) is 5.91 Å². The van der Waals surface area contributed by atoms with Gasteiger partial charge in [-0.2, -0.15) is 5.10 Å². The molecule has 0 aliphatic carbocycles. The summed E-state index contributed by atoms with van der Waals surface area (Å²) in [6, 6.07) is 9.56. The van der Waals surface area contributed by atoms with Gasteiger partial charge in [-0.3, -0.25) is 9.59 Å². The minimum absolute atomic E-state index is 0.146. The van der Waals surface area contributed by atoms with Crippen molar-refractivity contribution >= 4 is 23.4 Å². The van der Waals surface area contributed by atoms with Crippen LogP contribution in [0.5, 0.6) is 0 Å². The van der Waals surface area contributed by atoms with Gasteiger partial charge in [-0.15, -0.1) is 0 Å². The van der Waals surface area contributed by atoms with Gasteiger partial charge in [-0.25, -0.2) is 9.67 Å². The smallest absolute Gasteiger partial charge is 0.251 e. The lowest BCUT2D eigenvalue weighted by atomic mass is 10.2. The van der Waals surface area contributed by atoms with Crippen LogP contribution in [0.4, 0.5) is 5.69 Å². The van der Waals surface area contributed by atoms with E-state index in [1.165, 1.54) is 23.4 Å². The fourth-order valence-corrected chi connectivity index (χ4v) is 3.70. The first kappa shape index (κ1) is 20.9. The first-order chi connectivity index (χ1) is 13.9. The minimum atomic E-state index is -0.197. The zero-order valence-electron chi connectivity index (χ0n) is 17.1. The molecule has 0 bridgehead atoms. The van der Waals surface area contributed by atoms with Crippen molar-refractivity contribution in [3.8, 4) is 5.69 Å². The number of thioether (sulfide) groups is 1. The summed E-state index contributed by atoms with van der Waals surface area (Å²) in [6.45, 7) is 7.86. The molecule has 0 saturated carbocycles. The second-order valence-electron chi connectivity index (χ2n) is 6.92. The lowest BCUT2D eigenvalue weighted by molar-refractivity contribution is -0.113. The van der Waals surface area contributed by atoms with E-state index in [9.17, 15) is 9.59 Å². The summed E-state index contributed by atoms with van der Waals surface area (Å²) in [5, 5.41) is 7.96. The standard InChI is InChI=1S/C21H25N5O2S/c1-5-6-16-11-18(27)24-21(22-16)29-12-19(28)23-20-14(3)25-26(15(20)4)17-9-7-13(2)8-10-17/h7-11H,5-6,12H2,1-4H3,(H,23,28)(H,22,24,27). The molecule has 3 rings (SSSR count). The van der Waals surface area contributed by atoms with Crippen molar-refractivity contribution in [3.63, 3.8) is 0 Å². The highest BCUT2D eigenvalue weighted by Crippen LogP contribution is 2.23. The number of hydrogen-bond donors (Lipinski definition) is 2. The topological polar surface area (TPSA) is 92.7 Å². The summed E-state index contributed by atoms with van der Waals surface area (Å²) in [6.07, 6.45) is 1.64. The predicted molar refractivity (Wildman–Crippen MR) is 116 cm³/mol. The van der Waals surface area contributed by atoms with Gasteiger partial charge < -0.3 is 10.3 Å². The summed E-state index contributed by atoms with van der Waals surface area (Å²) in [7, 11) is 0. The van der Waals surface area contributed by atoms with Crippen molar-refractivity contribution in [2.45, 2.75) is 45.7 Å². The number of carbonyl (C=O) groups excluding carboxylic acids is 1. The van der Waals surface area contributed by atoms with Gasteiger partial charge >= 0.3 is 0 Å². The van der Waals surface area contributed by atoms with E-state index in [-0.39, 0.29) is 17.2 Å². The molecule has 0 atom stereocenters. The zero-order valence-corrected chi connectivity index (χ0v) is 17.9. The van der Waals surface area contributed by atoms with Gasteiger partial charge in [-0.1, -0.05) is 42.8 Å². The van der Waals surface area contributed by atoms with E-state index in [0.29, 0.717) is 10.8 Å². The molecular formula is C21H25N5O2S. The van der Waals surface area contributed by atoms with Gasteiger partial charge in [0.15, 0.2) is 5.16 Å². The normalized spacial score (nSPS) is 10.9. The molecule has 7 nitrogen and oxygen atoms in total. The van der Waals surface area contributed by atoms with Crippen molar-refractivity contribution in [2.75, 3.05) is 11.1 Å². The Morgan fingerprint density at radius 2 is 1.93 bits per heavy atom. The van der Waals surface area contributed by atoms with E-state index in [2.05, 4.69) is 20.4 Å². The van der Waals surface area contributed by atoms with Crippen LogP contribution >= 0.6 is 11.8 Å². The maximum absolute atomic E-state index is 12.5. The van der Waals surface area contributed by atoms with Crippen LogP contribution in [0.15, 0.2) is 40.3 Å². The van der Waals surface area contributed by atoms with E-state index in [1.54, 1.807) is 0 Å². The van der Waals surface area contributed by atoms with E-state index in [0.717, 1.165) is 35.6 Å². The van der Waals surface area contributed by atoms with Crippen molar-refractivity contribution in [1.29, 1.82) is 0 Å². The number of hydrogen-bond acceptors (Lipinski definition) is 5. The summed E-state index contributed by atoms with van der Waals surface area (Å²) >= 11 is 1.21. The van der Waals surface area contributed by atoms with E-state index in [4.69, 9.17) is 0 Å². The third-order valence-corrected chi connectivity index (χ3v) is 5.33. The maximum atomic E-state index is 12.5. The highest BCUT2D eigenvalue weighted by Gasteiger charge is 2.16. The molecule has 2 N–H and O–H groups in total. The van der Waals surface area contributed by atoms with Gasteiger partial charge in [0.05, 0.1) is 28.5 Å².